The van der Waals surface area contributed by atoms with Crippen molar-refractivity contribution in [3.05, 3.63) is 45.1 Å². The second-order valence-electron chi connectivity index (χ2n) is 2.76. The van der Waals surface area contributed by atoms with E-state index in [-0.39, 0.29) is 10.2 Å². The predicted molar refractivity (Wildman–Crippen MR) is 58.1 cm³/mol. The molecule has 0 fully saturated rings. The van der Waals surface area contributed by atoms with Crippen LogP contribution in [0.5, 0.6) is 0 Å². The molecule has 6 heteroatoms. The summed E-state index contributed by atoms with van der Waals surface area (Å²) in [5, 5.41) is -0.110. The second kappa shape index (κ2) is 4.00. The minimum absolute atomic E-state index is 0.00720. The molecule has 0 saturated carbocycles. The Labute approximate surface area is 94.9 Å². The average Bonchev–Trinajstić information content (AvgIpc) is 2.26. The zero-order valence-corrected chi connectivity index (χ0v) is 8.88. The van der Waals surface area contributed by atoms with Crippen molar-refractivity contribution in [3.63, 3.8) is 0 Å². The van der Waals surface area contributed by atoms with Gasteiger partial charge < -0.3 is 4.98 Å². The average molecular weight is 242 g/mol. The standard InChI is InChI=1S/C9H5Cl2N3O/c10-6-7(11)13-8(14-9(6)15)5-1-3-12-4-2-5/h1-4H,(H,13,14,15). The summed E-state index contributed by atoms with van der Waals surface area (Å²) in [6.45, 7) is 0. The quantitative estimate of drug-likeness (QED) is 0.779. The number of halogens is 2. The van der Waals surface area contributed by atoms with Crippen molar-refractivity contribution in [1.29, 1.82) is 0 Å². The van der Waals surface area contributed by atoms with E-state index in [1.165, 1.54) is 0 Å². The van der Waals surface area contributed by atoms with E-state index >= 15 is 0 Å². The highest BCUT2D eigenvalue weighted by molar-refractivity contribution is 6.41. The number of hydrogen-bond acceptors (Lipinski definition) is 3. The lowest BCUT2D eigenvalue weighted by molar-refractivity contribution is 1.12. The van der Waals surface area contributed by atoms with Gasteiger partial charge in [-0.25, -0.2) is 4.98 Å². The van der Waals surface area contributed by atoms with Crippen LogP contribution in [0.2, 0.25) is 10.2 Å². The number of rotatable bonds is 1. The molecule has 0 amide bonds. The maximum absolute atomic E-state index is 11.3. The monoisotopic (exact) mass is 241 g/mol. The third-order valence-electron chi connectivity index (χ3n) is 1.78. The van der Waals surface area contributed by atoms with Gasteiger partial charge in [-0.2, -0.15) is 0 Å². The number of aromatic amines is 1. The molecule has 0 spiro atoms. The molecule has 0 radical (unpaired) electrons. The first-order valence-electron chi connectivity index (χ1n) is 4.04. The Bertz CT molecular complexity index is 539. The van der Waals surface area contributed by atoms with Crippen molar-refractivity contribution >= 4 is 23.2 Å². The lowest BCUT2D eigenvalue weighted by Gasteiger charge is -2.01. The molecule has 2 aromatic rings. The van der Waals surface area contributed by atoms with Crippen LogP contribution in [0.1, 0.15) is 0 Å². The van der Waals surface area contributed by atoms with Gasteiger partial charge in [0.15, 0.2) is 5.15 Å². The molecule has 2 heterocycles. The van der Waals surface area contributed by atoms with Gasteiger partial charge in [0, 0.05) is 18.0 Å². The zero-order chi connectivity index (χ0) is 10.8. The predicted octanol–water partition coefficient (Wildman–Crippen LogP) is 2.14. The van der Waals surface area contributed by atoms with Crippen molar-refractivity contribution in [1.82, 2.24) is 15.0 Å². The lowest BCUT2D eigenvalue weighted by Crippen LogP contribution is -2.09. The molecular weight excluding hydrogens is 237 g/mol. The topological polar surface area (TPSA) is 58.6 Å². The van der Waals surface area contributed by atoms with Crippen LogP contribution in [0.4, 0.5) is 0 Å². The van der Waals surface area contributed by atoms with Crippen LogP contribution in [-0.4, -0.2) is 15.0 Å². The van der Waals surface area contributed by atoms with Crippen LogP contribution in [-0.2, 0) is 0 Å². The maximum atomic E-state index is 11.3. The normalized spacial score (nSPS) is 10.3. The van der Waals surface area contributed by atoms with E-state index < -0.39 is 5.56 Å². The minimum atomic E-state index is -0.455. The Morgan fingerprint density at radius 1 is 1.20 bits per heavy atom. The van der Waals surface area contributed by atoms with Crippen molar-refractivity contribution in [2.24, 2.45) is 0 Å². The SMILES string of the molecule is O=c1[nH]c(-c2ccncc2)nc(Cl)c1Cl. The highest BCUT2D eigenvalue weighted by Crippen LogP contribution is 2.18. The van der Waals surface area contributed by atoms with Crippen molar-refractivity contribution in [2.45, 2.75) is 0 Å². The number of nitrogens with zero attached hydrogens (tertiary/aromatic N) is 2. The Hall–Kier alpha value is -1.39. The van der Waals surface area contributed by atoms with Gasteiger partial charge in [0.25, 0.3) is 5.56 Å². The summed E-state index contributed by atoms with van der Waals surface area (Å²) in [6, 6.07) is 3.42. The van der Waals surface area contributed by atoms with Crippen molar-refractivity contribution in [3.8, 4) is 11.4 Å². The molecule has 0 aliphatic rings. The molecule has 2 aromatic heterocycles. The summed E-state index contributed by atoms with van der Waals surface area (Å²) in [7, 11) is 0. The summed E-state index contributed by atoms with van der Waals surface area (Å²) in [6.07, 6.45) is 3.19. The molecule has 0 aliphatic heterocycles. The van der Waals surface area contributed by atoms with E-state index in [1.807, 2.05) is 0 Å². The molecule has 76 valence electrons. The summed E-state index contributed by atoms with van der Waals surface area (Å²) >= 11 is 11.3. The second-order valence-corrected chi connectivity index (χ2v) is 3.49. The number of hydrogen-bond donors (Lipinski definition) is 1. The fourth-order valence-electron chi connectivity index (χ4n) is 1.08. The molecule has 0 aromatic carbocycles. The van der Waals surface area contributed by atoms with Crippen LogP contribution >= 0.6 is 23.2 Å². The Morgan fingerprint density at radius 2 is 1.87 bits per heavy atom. The first-order chi connectivity index (χ1) is 7.18. The Balaban J connectivity index is 2.61. The maximum Gasteiger partial charge on any atom is 0.271 e. The molecule has 2 rings (SSSR count). The third-order valence-corrected chi connectivity index (χ3v) is 2.50. The third kappa shape index (κ3) is 2.00. The van der Waals surface area contributed by atoms with E-state index in [4.69, 9.17) is 23.2 Å². The van der Waals surface area contributed by atoms with Gasteiger partial charge in [-0.05, 0) is 12.1 Å². The highest BCUT2D eigenvalue weighted by Gasteiger charge is 2.07. The molecule has 0 unspecified atom stereocenters. The van der Waals surface area contributed by atoms with Gasteiger partial charge in [-0.3, -0.25) is 9.78 Å². The summed E-state index contributed by atoms with van der Waals surface area (Å²) < 4.78 is 0. The minimum Gasteiger partial charge on any atom is -0.305 e. The number of aromatic nitrogens is 3. The fraction of sp³-hybridized carbons (Fsp3) is 0. The molecule has 0 bridgehead atoms. The first-order valence-corrected chi connectivity index (χ1v) is 4.80. The molecule has 0 aliphatic carbocycles. The number of pyridine rings is 1. The van der Waals surface area contributed by atoms with E-state index in [2.05, 4.69) is 15.0 Å². The number of H-pyrrole nitrogens is 1. The molecule has 4 nitrogen and oxygen atoms in total. The Kier molecular flexibility index (Phi) is 2.70. The van der Waals surface area contributed by atoms with Gasteiger partial charge in [-0.15, -0.1) is 0 Å². The summed E-state index contributed by atoms with van der Waals surface area (Å²) in [4.78, 5) is 21.6. The van der Waals surface area contributed by atoms with E-state index in [9.17, 15) is 4.79 Å². The van der Waals surface area contributed by atoms with Gasteiger partial charge in [0.1, 0.15) is 10.8 Å². The largest absolute Gasteiger partial charge is 0.305 e. The van der Waals surface area contributed by atoms with Crippen molar-refractivity contribution < 1.29 is 0 Å². The van der Waals surface area contributed by atoms with Crippen molar-refractivity contribution in [2.75, 3.05) is 0 Å². The summed E-state index contributed by atoms with van der Waals surface area (Å²) in [5.74, 6) is 0.372. The first kappa shape index (κ1) is 10.1. The van der Waals surface area contributed by atoms with Gasteiger partial charge >= 0.3 is 0 Å². The number of nitrogens with one attached hydrogen (secondary N) is 1. The fourth-order valence-corrected chi connectivity index (χ4v) is 1.34. The summed E-state index contributed by atoms with van der Waals surface area (Å²) in [5.41, 5.74) is 0.268. The molecule has 15 heavy (non-hydrogen) atoms. The molecule has 0 saturated heterocycles. The smallest absolute Gasteiger partial charge is 0.271 e. The highest BCUT2D eigenvalue weighted by atomic mass is 35.5. The van der Waals surface area contributed by atoms with Gasteiger partial charge in [0.05, 0.1) is 0 Å². The van der Waals surface area contributed by atoms with E-state index in [0.29, 0.717) is 5.82 Å². The van der Waals surface area contributed by atoms with Crippen LogP contribution in [0.15, 0.2) is 29.3 Å². The molecule has 1 N–H and O–H groups in total. The zero-order valence-electron chi connectivity index (χ0n) is 7.37. The lowest BCUT2D eigenvalue weighted by atomic mass is 10.2. The Morgan fingerprint density at radius 3 is 2.47 bits per heavy atom. The van der Waals surface area contributed by atoms with Gasteiger partial charge in [-0.1, -0.05) is 23.2 Å². The van der Waals surface area contributed by atoms with E-state index in [0.717, 1.165) is 5.56 Å². The van der Waals surface area contributed by atoms with Crippen LogP contribution < -0.4 is 5.56 Å². The van der Waals surface area contributed by atoms with Crippen LogP contribution in [0, 0.1) is 0 Å². The molecule has 0 atom stereocenters. The van der Waals surface area contributed by atoms with Gasteiger partial charge in [0.2, 0.25) is 0 Å². The molecular formula is C9H5Cl2N3O. The van der Waals surface area contributed by atoms with E-state index in [1.54, 1.807) is 24.5 Å². The van der Waals surface area contributed by atoms with Crippen LogP contribution in [0.3, 0.4) is 0 Å². The van der Waals surface area contributed by atoms with Crippen LogP contribution in [0.25, 0.3) is 11.4 Å².